The summed E-state index contributed by atoms with van der Waals surface area (Å²) in [4.78, 5) is 24.7. The van der Waals surface area contributed by atoms with Crippen molar-refractivity contribution in [3.8, 4) is 0 Å². The Balaban J connectivity index is 2.10. The number of hydrogen-bond acceptors (Lipinski definition) is 2. The molecule has 0 atom stereocenters. The van der Waals surface area contributed by atoms with E-state index in [1.54, 1.807) is 0 Å². The van der Waals surface area contributed by atoms with Crippen LogP contribution in [0.25, 0.3) is 0 Å². The predicted octanol–water partition coefficient (Wildman–Crippen LogP) is 2.91. The number of rotatable bonds is 2. The van der Waals surface area contributed by atoms with E-state index in [4.69, 9.17) is 5.11 Å². The average molecular weight is 289 g/mol. The molecule has 20 heavy (non-hydrogen) atoms. The van der Waals surface area contributed by atoms with Crippen LogP contribution in [0.15, 0.2) is 16.9 Å². The zero-order valence-electron chi connectivity index (χ0n) is 10.5. The summed E-state index contributed by atoms with van der Waals surface area (Å²) in [5.41, 5.74) is -0.564. The molecule has 1 fully saturated rings. The van der Waals surface area contributed by atoms with Crippen LogP contribution >= 0.6 is 0 Å². The molecule has 7 heteroatoms. The Labute approximate surface area is 112 Å². The minimum atomic E-state index is -4.16. The van der Waals surface area contributed by atoms with Gasteiger partial charge >= 0.3 is 12.1 Å². The molecule has 2 rings (SSSR count). The van der Waals surface area contributed by atoms with Gasteiger partial charge in [-0.25, -0.2) is 4.79 Å². The molecule has 1 saturated carbocycles. The van der Waals surface area contributed by atoms with Gasteiger partial charge in [0, 0.05) is 5.69 Å². The van der Waals surface area contributed by atoms with Crippen molar-refractivity contribution in [1.29, 1.82) is 0 Å². The van der Waals surface area contributed by atoms with Crippen molar-refractivity contribution in [3.63, 3.8) is 0 Å². The van der Waals surface area contributed by atoms with Crippen LogP contribution in [-0.4, -0.2) is 22.2 Å². The molecule has 4 nitrogen and oxygen atoms in total. The molecule has 1 aliphatic rings. The third kappa shape index (κ3) is 3.02. The van der Waals surface area contributed by atoms with Gasteiger partial charge in [0.1, 0.15) is 5.56 Å². The highest BCUT2D eigenvalue weighted by molar-refractivity contribution is 5.87. The van der Waals surface area contributed by atoms with Gasteiger partial charge in [0.15, 0.2) is 0 Å². The van der Waals surface area contributed by atoms with Crippen LogP contribution in [-0.2, 0) is 0 Å². The highest BCUT2D eigenvalue weighted by Gasteiger charge is 2.41. The number of carboxylic acids is 1. The highest BCUT2D eigenvalue weighted by Crippen LogP contribution is 2.42. The lowest BCUT2D eigenvalue weighted by Gasteiger charge is -2.29. The molecule has 110 valence electrons. The third-order valence-electron chi connectivity index (χ3n) is 3.79. The Kier molecular flexibility index (Phi) is 3.87. The fraction of sp³-hybridized carbons (Fsp3) is 0.538. The minimum Gasteiger partial charge on any atom is -0.477 e. The normalized spacial score (nSPS) is 23.6. The van der Waals surface area contributed by atoms with Crippen molar-refractivity contribution in [2.24, 2.45) is 5.92 Å². The number of aromatic amines is 1. The standard InChI is InChI=1S/C13H14F3NO3/c14-13(15,16)8-3-1-7(2-4-8)10-6-5-9(12(19)20)11(18)17-10/h5-8H,1-4H2,(H,17,18)(H,19,20). The highest BCUT2D eigenvalue weighted by atomic mass is 19.4. The second kappa shape index (κ2) is 5.30. The van der Waals surface area contributed by atoms with E-state index in [1.165, 1.54) is 12.1 Å². The number of alkyl halides is 3. The Hall–Kier alpha value is -1.79. The number of pyridine rings is 1. The summed E-state index contributed by atoms with van der Waals surface area (Å²) in [6.45, 7) is 0. The van der Waals surface area contributed by atoms with E-state index in [0.717, 1.165) is 0 Å². The Morgan fingerprint density at radius 1 is 1.20 bits per heavy atom. The van der Waals surface area contributed by atoms with Crippen molar-refractivity contribution in [2.45, 2.75) is 37.8 Å². The lowest BCUT2D eigenvalue weighted by Crippen LogP contribution is -2.28. The van der Waals surface area contributed by atoms with Gasteiger partial charge in [-0.2, -0.15) is 13.2 Å². The van der Waals surface area contributed by atoms with E-state index in [1.807, 2.05) is 0 Å². The van der Waals surface area contributed by atoms with Gasteiger partial charge in [-0.15, -0.1) is 0 Å². The minimum absolute atomic E-state index is 0.0386. The number of hydrogen-bond donors (Lipinski definition) is 2. The Bertz CT molecular complexity index is 557. The number of carbonyl (C=O) groups is 1. The third-order valence-corrected chi connectivity index (χ3v) is 3.79. The predicted molar refractivity (Wildman–Crippen MR) is 64.8 cm³/mol. The van der Waals surface area contributed by atoms with Gasteiger partial charge in [-0.3, -0.25) is 4.79 Å². The molecule has 0 unspecified atom stereocenters. The number of aromatic carboxylic acids is 1. The molecule has 1 heterocycles. The van der Waals surface area contributed by atoms with E-state index >= 15 is 0 Å². The van der Waals surface area contributed by atoms with Crippen molar-refractivity contribution < 1.29 is 23.1 Å². The van der Waals surface area contributed by atoms with Gasteiger partial charge < -0.3 is 10.1 Å². The Morgan fingerprint density at radius 2 is 1.80 bits per heavy atom. The van der Waals surface area contributed by atoms with E-state index in [2.05, 4.69) is 4.98 Å². The fourth-order valence-electron chi connectivity index (χ4n) is 2.63. The van der Waals surface area contributed by atoms with Crippen LogP contribution in [0.1, 0.15) is 47.7 Å². The fourth-order valence-corrected chi connectivity index (χ4v) is 2.63. The largest absolute Gasteiger partial charge is 0.477 e. The molecule has 0 spiro atoms. The molecular weight excluding hydrogens is 275 g/mol. The first kappa shape index (κ1) is 14.6. The number of aromatic nitrogens is 1. The van der Waals surface area contributed by atoms with Gasteiger partial charge in [-0.05, 0) is 43.7 Å². The number of H-pyrrole nitrogens is 1. The molecule has 0 bridgehead atoms. The maximum absolute atomic E-state index is 12.6. The molecule has 0 aliphatic heterocycles. The number of halogens is 3. The summed E-state index contributed by atoms with van der Waals surface area (Å²) in [5.74, 6) is -2.74. The summed E-state index contributed by atoms with van der Waals surface area (Å²) >= 11 is 0. The topological polar surface area (TPSA) is 70.2 Å². The molecule has 0 radical (unpaired) electrons. The molecule has 1 aromatic rings. The van der Waals surface area contributed by atoms with Gasteiger partial charge in [0.05, 0.1) is 5.92 Å². The molecule has 0 aromatic carbocycles. The van der Waals surface area contributed by atoms with Crippen molar-refractivity contribution in [3.05, 3.63) is 33.7 Å². The van der Waals surface area contributed by atoms with Crippen molar-refractivity contribution >= 4 is 5.97 Å². The zero-order valence-corrected chi connectivity index (χ0v) is 10.5. The van der Waals surface area contributed by atoms with Crippen LogP contribution in [0, 0.1) is 5.92 Å². The summed E-state index contributed by atoms with van der Waals surface area (Å²) in [6.07, 6.45) is -3.40. The summed E-state index contributed by atoms with van der Waals surface area (Å²) in [5, 5.41) is 8.75. The van der Waals surface area contributed by atoms with Crippen molar-refractivity contribution in [1.82, 2.24) is 4.98 Å². The van der Waals surface area contributed by atoms with E-state index in [9.17, 15) is 22.8 Å². The van der Waals surface area contributed by atoms with Crippen LogP contribution in [0.5, 0.6) is 0 Å². The number of nitrogens with one attached hydrogen (secondary N) is 1. The molecule has 1 aromatic heterocycles. The maximum Gasteiger partial charge on any atom is 0.391 e. The number of carboxylic acid groups (broad SMARTS) is 1. The Morgan fingerprint density at radius 3 is 2.25 bits per heavy atom. The van der Waals surface area contributed by atoms with Crippen LogP contribution in [0.2, 0.25) is 0 Å². The summed E-state index contributed by atoms with van der Waals surface area (Å²) in [6, 6.07) is 2.68. The van der Waals surface area contributed by atoms with Crippen LogP contribution < -0.4 is 5.56 Å². The van der Waals surface area contributed by atoms with Gasteiger partial charge in [-0.1, -0.05) is 0 Å². The van der Waals surface area contributed by atoms with E-state index < -0.39 is 23.6 Å². The molecule has 2 N–H and O–H groups in total. The smallest absolute Gasteiger partial charge is 0.391 e. The molecule has 0 saturated heterocycles. The summed E-state index contributed by atoms with van der Waals surface area (Å²) in [7, 11) is 0. The van der Waals surface area contributed by atoms with Crippen molar-refractivity contribution in [2.75, 3.05) is 0 Å². The molecule has 1 aliphatic carbocycles. The molecule has 0 amide bonds. The van der Waals surface area contributed by atoms with Crippen LogP contribution in [0.4, 0.5) is 13.2 Å². The maximum atomic E-state index is 12.6. The van der Waals surface area contributed by atoms with Gasteiger partial charge in [0.2, 0.25) is 0 Å². The van der Waals surface area contributed by atoms with E-state index in [-0.39, 0.29) is 24.3 Å². The lowest BCUT2D eigenvalue weighted by atomic mass is 9.80. The van der Waals surface area contributed by atoms with Crippen LogP contribution in [0.3, 0.4) is 0 Å². The average Bonchev–Trinajstić information content (AvgIpc) is 2.37. The second-order valence-corrected chi connectivity index (χ2v) is 5.05. The second-order valence-electron chi connectivity index (χ2n) is 5.05. The monoisotopic (exact) mass is 289 g/mol. The van der Waals surface area contributed by atoms with Gasteiger partial charge in [0.25, 0.3) is 5.56 Å². The first-order valence-corrected chi connectivity index (χ1v) is 6.32. The summed E-state index contributed by atoms with van der Waals surface area (Å²) < 4.78 is 37.7. The van der Waals surface area contributed by atoms with E-state index in [0.29, 0.717) is 18.5 Å². The lowest BCUT2D eigenvalue weighted by molar-refractivity contribution is -0.182. The first-order chi connectivity index (χ1) is 9.29. The quantitative estimate of drug-likeness (QED) is 0.879. The molecular formula is C13H14F3NO3. The first-order valence-electron chi connectivity index (χ1n) is 6.32. The zero-order chi connectivity index (χ0) is 14.9. The SMILES string of the molecule is O=C(O)c1ccc(C2CCC(C(F)(F)F)CC2)[nH]c1=O.